The number of fused-ring (bicyclic) bond motifs is 1. The number of pyridine rings is 1. The molecule has 11 heteroatoms. The molecule has 10 nitrogen and oxygen atoms in total. The molecule has 3 aromatic rings. The van der Waals surface area contributed by atoms with E-state index in [0.717, 1.165) is 0 Å². The molecule has 166 valence electrons. The lowest BCUT2D eigenvalue weighted by Crippen LogP contribution is -2.59. The van der Waals surface area contributed by atoms with Crippen molar-refractivity contribution in [3.05, 3.63) is 53.3 Å². The minimum absolute atomic E-state index is 0.105. The number of primary amides is 1. The van der Waals surface area contributed by atoms with E-state index in [9.17, 15) is 14.4 Å². The second-order valence-corrected chi connectivity index (χ2v) is 7.97. The molecule has 1 aliphatic heterocycles. The normalized spacial score (nSPS) is 16.8. The first-order chi connectivity index (χ1) is 15.3. The third kappa shape index (κ3) is 4.41. The van der Waals surface area contributed by atoms with Gasteiger partial charge in [-0.1, -0.05) is 35.9 Å². The van der Waals surface area contributed by atoms with Crippen LogP contribution in [0.25, 0.3) is 10.9 Å². The van der Waals surface area contributed by atoms with Crippen LogP contribution < -0.4 is 11.1 Å². The number of nitrogens with one attached hydrogen (secondary N) is 1. The summed E-state index contributed by atoms with van der Waals surface area (Å²) in [6, 6.07) is 11.3. The molecule has 1 saturated heterocycles. The van der Waals surface area contributed by atoms with Crippen LogP contribution in [0.5, 0.6) is 0 Å². The molecule has 4 rings (SSSR count). The fourth-order valence-corrected chi connectivity index (χ4v) is 3.94. The summed E-state index contributed by atoms with van der Waals surface area (Å²) in [5.41, 5.74) is 6.17. The SMILES string of the molecule is CN1CCN(C(=O)Cn2nc(C(N)=O)c3ccccc32)C(C(=O)Nc2cccc(Cl)n2)C1. The Morgan fingerprint density at radius 3 is 2.69 bits per heavy atom. The zero-order valence-corrected chi connectivity index (χ0v) is 18.1. The number of piperazine rings is 1. The largest absolute Gasteiger partial charge is 0.364 e. The van der Waals surface area contributed by atoms with Crippen LogP contribution in [0.4, 0.5) is 5.82 Å². The van der Waals surface area contributed by atoms with Gasteiger partial charge >= 0.3 is 0 Å². The van der Waals surface area contributed by atoms with Crippen molar-refractivity contribution in [3.63, 3.8) is 0 Å². The highest BCUT2D eigenvalue weighted by Gasteiger charge is 2.35. The average Bonchev–Trinajstić information content (AvgIpc) is 3.12. The molecule has 3 amide bonds. The van der Waals surface area contributed by atoms with Crippen LogP contribution in [0.1, 0.15) is 10.5 Å². The summed E-state index contributed by atoms with van der Waals surface area (Å²) in [6.45, 7) is 1.23. The Hall–Kier alpha value is -3.50. The number of benzene rings is 1. The fourth-order valence-electron chi connectivity index (χ4n) is 3.78. The van der Waals surface area contributed by atoms with Gasteiger partial charge in [-0.05, 0) is 25.2 Å². The van der Waals surface area contributed by atoms with Gasteiger partial charge in [0.05, 0.1) is 5.52 Å². The number of aromatic nitrogens is 3. The van der Waals surface area contributed by atoms with Crippen LogP contribution >= 0.6 is 11.6 Å². The lowest BCUT2D eigenvalue weighted by molar-refractivity contribution is -0.142. The van der Waals surface area contributed by atoms with E-state index < -0.39 is 11.9 Å². The predicted molar refractivity (Wildman–Crippen MR) is 119 cm³/mol. The molecule has 1 atom stereocenters. The van der Waals surface area contributed by atoms with Gasteiger partial charge in [-0.15, -0.1) is 0 Å². The Morgan fingerprint density at radius 2 is 1.94 bits per heavy atom. The lowest BCUT2D eigenvalue weighted by Gasteiger charge is -2.39. The number of para-hydroxylation sites is 1. The van der Waals surface area contributed by atoms with Crippen molar-refractivity contribution in [1.82, 2.24) is 24.6 Å². The number of anilines is 1. The van der Waals surface area contributed by atoms with E-state index in [1.807, 2.05) is 11.9 Å². The number of nitrogens with zero attached hydrogens (tertiary/aromatic N) is 5. The first-order valence-electron chi connectivity index (χ1n) is 10.0. The van der Waals surface area contributed by atoms with Gasteiger partial charge in [-0.25, -0.2) is 4.98 Å². The van der Waals surface area contributed by atoms with Crippen molar-refractivity contribution < 1.29 is 14.4 Å². The molecule has 0 saturated carbocycles. The van der Waals surface area contributed by atoms with Gasteiger partial charge in [0.25, 0.3) is 5.91 Å². The van der Waals surface area contributed by atoms with Crippen molar-refractivity contribution in [2.45, 2.75) is 12.6 Å². The molecule has 1 aliphatic rings. The number of hydrogen-bond acceptors (Lipinski definition) is 6. The fraction of sp³-hybridized carbons (Fsp3) is 0.286. The molecule has 0 spiro atoms. The van der Waals surface area contributed by atoms with Gasteiger partial charge in [0.2, 0.25) is 11.8 Å². The minimum Gasteiger partial charge on any atom is -0.364 e. The van der Waals surface area contributed by atoms with Crippen LogP contribution in [0.2, 0.25) is 5.15 Å². The van der Waals surface area contributed by atoms with Crippen LogP contribution in [-0.4, -0.2) is 75.0 Å². The van der Waals surface area contributed by atoms with Gasteiger partial charge < -0.3 is 20.9 Å². The predicted octanol–water partition coefficient (Wildman–Crippen LogP) is 0.965. The van der Waals surface area contributed by atoms with E-state index in [2.05, 4.69) is 15.4 Å². The zero-order valence-electron chi connectivity index (χ0n) is 17.4. The molecule has 0 aliphatic carbocycles. The van der Waals surface area contributed by atoms with Gasteiger partial charge in [0.1, 0.15) is 23.6 Å². The second-order valence-electron chi connectivity index (χ2n) is 7.59. The van der Waals surface area contributed by atoms with Crippen molar-refractivity contribution in [3.8, 4) is 0 Å². The van der Waals surface area contributed by atoms with Crippen molar-refractivity contribution >= 4 is 46.0 Å². The van der Waals surface area contributed by atoms with Crippen LogP contribution in [0.15, 0.2) is 42.5 Å². The number of carbonyl (C=O) groups excluding carboxylic acids is 3. The van der Waals surface area contributed by atoms with E-state index in [4.69, 9.17) is 17.3 Å². The number of nitrogens with two attached hydrogens (primary N) is 1. The molecule has 2 aromatic heterocycles. The second kappa shape index (κ2) is 8.93. The van der Waals surface area contributed by atoms with Crippen molar-refractivity contribution in [1.29, 1.82) is 0 Å². The molecule has 1 fully saturated rings. The smallest absolute Gasteiger partial charge is 0.269 e. The summed E-state index contributed by atoms with van der Waals surface area (Å²) in [4.78, 5) is 45.6. The van der Waals surface area contributed by atoms with Crippen LogP contribution in [0.3, 0.4) is 0 Å². The molecule has 1 aromatic carbocycles. The highest BCUT2D eigenvalue weighted by Crippen LogP contribution is 2.19. The Kier molecular flexibility index (Phi) is 6.06. The molecular formula is C21H22ClN7O3. The maximum Gasteiger partial charge on any atom is 0.269 e. The van der Waals surface area contributed by atoms with E-state index in [-0.39, 0.29) is 29.2 Å². The zero-order chi connectivity index (χ0) is 22.8. The average molecular weight is 456 g/mol. The maximum atomic E-state index is 13.2. The summed E-state index contributed by atoms with van der Waals surface area (Å²) in [7, 11) is 1.89. The Bertz CT molecular complexity index is 1200. The number of rotatable bonds is 5. The number of carbonyl (C=O) groups is 3. The Balaban J connectivity index is 1.57. The van der Waals surface area contributed by atoms with Gasteiger partial charge in [0.15, 0.2) is 5.69 Å². The number of hydrogen-bond donors (Lipinski definition) is 2. The molecule has 1 unspecified atom stereocenters. The molecule has 0 radical (unpaired) electrons. The summed E-state index contributed by atoms with van der Waals surface area (Å²) in [5.74, 6) is -1.00. The van der Waals surface area contributed by atoms with Gasteiger partial charge in [-0.3, -0.25) is 19.1 Å². The molecular weight excluding hydrogens is 434 g/mol. The first-order valence-corrected chi connectivity index (χ1v) is 10.4. The van der Waals surface area contributed by atoms with Gasteiger partial charge in [0, 0.05) is 25.0 Å². The lowest BCUT2D eigenvalue weighted by atomic mass is 10.1. The van der Waals surface area contributed by atoms with E-state index in [0.29, 0.717) is 36.4 Å². The molecule has 0 bridgehead atoms. The van der Waals surface area contributed by atoms with Crippen molar-refractivity contribution in [2.24, 2.45) is 5.73 Å². The molecule has 3 N–H and O–H groups in total. The number of halogens is 1. The molecule has 32 heavy (non-hydrogen) atoms. The standard InChI is InChI=1S/C21H22ClN7O3/c1-27-9-10-28(15(11-27)21(32)25-17-8-4-7-16(22)24-17)18(30)12-29-14-6-3-2-5-13(14)19(26-29)20(23)31/h2-8,15H,9-12H2,1H3,(H2,23,31)(H,24,25,32). The number of likely N-dealkylation sites (N-methyl/N-ethyl adjacent to an activating group) is 1. The van der Waals surface area contributed by atoms with E-state index in [1.54, 1.807) is 42.5 Å². The Morgan fingerprint density at radius 1 is 1.16 bits per heavy atom. The molecule has 3 heterocycles. The third-order valence-electron chi connectivity index (χ3n) is 5.35. The van der Waals surface area contributed by atoms with Crippen molar-refractivity contribution in [2.75, 3.05) is 32.0 Å². The third-order valence-corrected chi connectivity index (χ3v) is 5.56. The summed E-state index contributed by atoms with van der Waals surface area (Å²) in [6.07, 6.45) is 0. The first kappa shape index (κ1) is 21.7. The van der Waals surface area contributed by atoms with Gasteiger partial charge in [-0.2, -0.15) is 5.10 Å². The minimum atomic E-state index is -0.723. The summed E-state index contributed by atoms with van der Waals surface area (Å²) in [5, 5.41) is 7.81. The maximum absolute atomic E-state index is 13.2. The van der Waals surface area contributed by atoms with E-state index >= 15 is 0 Å². The number of amides is 3. The highest BCUT2D eigenvalue weighted by atomic mass is 35.5. The highest BCUT2D eigenvalue weighted by molar-refractivity contribution is 6.29. The van der Waals surface area contributed by atoms with E-state index in [1.165, 1.54) is 9.58 Å². The van der Waals surface area contributed by atoms with Crippen LogP contribution in [0, 0.1) is 0 Å². The monoisotopic (exact) mass is 455 g/mol. The topological polar surface area (TPSA) is 126 Å². The summed E-state index contributed by atoms with van der Waals surface area (Å²) >= 11 is 5.90. The van der Waals surface area contributed by atoms with Crippen LogP contribution in [-0.2, 0) is 16.1 Å². The quantitative estimate of drug-likeness (QED) is 0.552. The summed E-state index contributed by atoms with van der Waals surface area (Å²) < 4.78 is 1.45. The Labute approximate surface area is 188 Å².